The van der Waals surface area contributed by atoms with E-state index in [1.165, 1.54) is 5.56 Å². The monoisotopic (exact) mass is 292 g/mol. The normalized spacial score (nSPS) is 24.8. The molecule has 0 saturated carbocycles. The van der Waals surface area contributed by atoms with Crippen LogP contribution in [0.1, 0.15) is 32.4 Å². The Morgan fingerprint density at radius 2 is 1.86 bits per heavy atom. The number of hydrogen-bond donors (Lipinski definition) is 1. The lowest BCUT2D eigenvalue weighted by Crippen LogP contribution is -2.48. The lowest BCUT2D eigenvalue weighted by Gasteiger charge is -2.37. The highest BCUT2D eigenvalue weighted by atomic mass is 16.5. The number of ether oxygens (including phenoxy) is 2. The molecule has 1 heterocycles. The number of likely N-dealkylation sites (N-methyl/N-ethyl adjacent to an activating group) is 1. The molecule has 1 saturated heterocycles. The van der Waals surface area contributed by atoms with Crippen LogP contribution in [-0.4, -0.2) is 50.4 Å². The van der Waals surface area contributed by atoms with E-state index < -0.39 is 0 Å². The van der Waals surface area contributed by atoms with Crippen molar-refractivity contribution >= 4 is 0 Å². The first-order chi connectivity index (χ1) is 10.1. The second kappa shape index (κ2) is 7.78. The van der Waals surface area contributed by atoms with Crippen LogP contribution in [0.4, 0.5) is 0 Å². The Bertz CT molecular complexity index is 411. The molecule has 0 radical (unpaired) electrons. The van der Waals surface area contributed by atoms with Gasteiger partial charge in [-0.2, -0.15) is 0 Å². The summed E-state index contributed by atoms with van der Waals surface area (Å²) in [6.07, 6.45) is 0.623. The van der Waals surface area contributed by atoms with E-state index in [-0.39, 0.29) is 0 Å². The second-order valence-electron chi connectivity index (χ2n) is 5.82. The van der Waals surface area contributed by atoms with E-state index in [2.05, 4.69) is 36.2 Å². The van der Waals surface area contributed by atoms with Gasteiger partial charge in [-0.15, -0.1) is 0 Å². The SMILES string of the molecule is CCOc1ccc(C(CN2CC(C)OC(C)C2)NC)cc1. The molecular formula is C17H28N2O2. The molecule has 0 aliphatic carbocycles. The van der Waals surface area contributed by atoms with Gasteiger partial charge in [0.25, 0.3) is 0 Å². The molecule has 3 unspecified atom stereocenters. The van der Waals surface area contributed by atoms with Gasteiger partial charge in [0.15, 0.2) is 0 Å². The molecule has 1 aromatic carbocycles. The fourth-order valence-electron chi connectivity index (χ4n) is 3.02. The Balaban J connectivity index is 1.98. The molecule has 1 aromatic rings. The summed E-state index contributed by atoms with van der Waals surface area (Å²) in [5.74, 6) is 0.935. The Morgan fingerprint density at radius 3 is 2.38 bits per heavy atom. The summed E-state index contributed by atoms with van der Waals surface area (Å²) in [6, 6.07) is 8.73. The third kappa shape index (κ3) is 4.70. The molecular weight excluding hydrogens is 264 g/mol. The van der Waals surface area contributed by atoms with Crippen LogP contribution in [0.3, 0.4) is 0 Å². The van der Waals surface area contributed by atoms with Crippen LogP contribution < -0.4 is 10.1 Å². The molecule has 2 rings (SSSR count). The minimum Gasteiger partial charge on any atom is -0.494 e. The lowest BCUT2D eigenvalue weighted by atomic mass is 10.1. The van der Waals surface area contributed by atoms with Gasteiger partial charge in [-0.25, -0.2) is 0 Å². The van der Waals surface area contributed by atoms with Gasteiger partial charge < -0.3 is 14.8 Å². The molecule has 0 bridgehead atoms. The van der Waals surface area contributed by atoms with Crippen molar-refractivity contribution in [3.8, 4) is 5.75 Å². The van der Waals surface area contributed by atoms with E-state index in [0.717, 1.165) is 25.4 Å². The van der Waals surface area contributed by atoms with Crippen LogP contribution in [0.25, 0.3) is 0 Å². The topological polar surface area (TPSA) is 33.7 Å². The third-order valence-electron chi connectivity index (χ3n) is 3.88. The maximum absolute atomic E-state index is 5.80. The lowest BCUT2D eigenvalue weighted by molar-refractivity contribution is -0.0698. The average molecular weight is 292 g/mol. The fraction of sp³-hybridized carbons (Fsp3) is 0.647. The van der Waals surface area contributed by atoms with Gasteiger partial charge in [0, 0.05) is 25.7 Å². The van der Waals surface area contributed by atoms with Gasteiger partial charge in [0.1, 0.15) is 5.75 Å². The highest BCUT2D eigenvalue weighted by Gasteiger charge is 2.24. The second-order valence-corrected chi connectivity index (χ2v) is 5.82. The molecule has 1 N–H and O–H groups in total. The molecule has 3 atom stereocenters. The Labute approximate surface area is 128 Å². The van der Waals surface area contributed by atoms with Crippen molar-refractivity contribution in [3.63, 3.8) is 0 Å². The summed E-state index contributed by atoms with van der Waals surface area (Å²) in [5, 5.41) is 3.42. The van der Waals surface area contributed by atoms with Crippen LogP contribution in [-0.2, 0) is 4.74 Å². The van der Waals surface area contributed by atoms with Crippen molar-refractivity contribution in [2.24, 2.45) is 0 Å². The standard InChI is InChI=1S/C17H28N2O2/c1-5-20-16-8-6-15(7-9-16)17(18-4)12-19-10-13(2)21-14(3)11-19/h6-9,13-14,17-18H,5,10-12H2,1-4H3. The predicted molar refractivity (Wildman–Crippen MR) is 85.9 cm³/mol. The van der Waals surface area contributed by atoms with Crippen molar-refractivity contribution in [1.29, 1.82) is 0 Å². The quantitative estimate of drug-likeness (QED) is 0.873. The van der Waals surface area contributed by atoms with Gasteiger partial charge in [0.2, 0.25) is 0 Å². The number of benzene rings is 1. The molecule has 0 spiro atoms. The fourth-order valence-corrected chi connectivity index (χ4v) is 3.02. The predicted octanol–water partition coefficient (Wildman–Crippen LogP) is 2.46. The first kappa shape index (κ1) is 16.3. The maximum atomic E-state index is 5.80. The Hall–Kier alpha value is -1.10. The maximum Gasteiger partial charge on any atom is 0.119 e. The molecule has 0 amide bonds. The van der Waals surface area contributed by atoms with Crippen molar-refractivity contribution < 1.29 is 9.47 Å². The zero-order chi connectivity index (χ0) is 15.2. The minimum absolute atomic E-state index is 0.312. The summed E-state index contributed by atoms with van der Waals surface area (Å²) < 4.78 is 11.3. The van der Waals surface area contributed by atoms with Gasteiger partial charge in [0.05, 0.1) is 18.8 Å². The number of hydrogen-bond acceptors (Lipinski definition) is 4. The summed E-state index contributed by atoms with van der Waals surface area (Å²) in [7, 11) is 2.02. The highest BCUT2D eigenvalue weighted by Crippen LogP contribution is 2.20. The third-order valence-corrected chi connectivity index (χ3v) is 3.88. The van der Waals surface area contributed by atoms with E-state index in [1.54, 1.807) is 0 Å². The van der Waals surface area contributed by atoms with E-state index in [1.807, 2.05) is 26.1 Å². The van der Waals surface area contributed by atoms with Crippen molar-refractivity contribution in [1.82, 2.24) is 10.2 Å². The number of nitrogens with zero attached hydrogens (tertiary/aromatic N) is 1. The number of nitrogens with one attached hydrogen (secondary N) is 1. The summed E-state index contributed by atoms with van der Waals surface area (Å²) in [4.78, 5) is 2.48. The van der Waals surface area contributed by atoms with Crippen molar-refractivity contribution in [2.75, 3.05) is 33.3 Å². The molecule has 118 valence electrons. The molecule has 4 heteroatoms. The van der Waals surface area contributed by atoms with Crippen LogP contribution in [0.2, 0.25) is 0 Å². The number of morpholine rings is 1. The minimum atomic E-state index is 0.312. The van der Waals surface area contributed by atoms with Gasteiger partial charge >= 0.3 is 0 Å². The summed E-state index contributed by atoms with van der Waals surface area (Å²) in [6.45, 7) is 10.0. The zero-order valence-electron chi connectivity index (χ0n) is 13.6. The van der Waals surface area contributed by atoms with E-state index in [9.17, 15) is 0 Å². The molecule has 1 aliphatic rings. The first-order valence-corrected chi connectivity index (χ1v) is 7.90. The largest absolute Gasteiger partial charge is 0.494 e. The average Bonchev–Trinajstić information content (AvgIpc) is 2.45. The summed E-state index contributed by atoms with van der Waals surface area (Å²) >= 11 is 0. The van der Waals surface area contributed by atoms with Crippen LogP contribution in [0, 0.1) is 0 Å². The van der Waals surface area contributed by atoms with Gasteiger partial charge in [-0.05, 0) is 45.5 Å². The molecule has 21 heavy (non-hydrogen) atoms. The molecule has 1 fully saturated rings. The van der Waals surface area contributed by atoms with E-state index >= 15 is 0 Å². The zero-order valence-corrected chi connectivity index (χ0v) is 13.6. The van der Waals surface area contributed by atoms with Gasteiger partial charge in [-0.3, -0.25) is 4.90 Å². The van der Waals surface area contributed by atoms with E-state index in [0.29, 0.717) is 24.9 Å². The molecule has 1 aliphatic heterocycles. The molecule has 0 aromatic heterocycles. The molecule has 4 nitrogen and oxygen atoms in total. The van der Waals surface area contributed by atoms with Crippen LogP contribution >= 0.6 is 0 Å². The number of rotatable bonds is 6. The van der Waals surface area contributed by atoms with Gasteiger partial charge in [-0.1, -0.05) is 12.1 Å². The van der Waals surface area contributed by atoms with Crippen LogP contribution in [0.15, 0.2) is 24.3 Å². The highest BCUT2D eigenvalue weighted by molar-refractivity contribution is 5.29. The summed E-state index contributed by atoms with van der Waals surface area (Å²) in [5.41, 5.74) is 1.30. The van der Waals surface area contributed by atoms with E-state index in [4.69, 9.17) is 9.47 Å². The van der Waals surface area contributed by atoms with Crippen molar-refractivity contribution in [3.05, 3.63) is 29.8 Å². The van der Waals surface area contributed by atoms with Crippen LogP contribution in [0.5, 0.6) is 5.75 Å². The Morgan fingerprint density at radius 1 is 1.24 bits per heavy atom. The smallest absolute Gasteiger partial charge is 0.119 e. The van der Waals surface area contributed by atoms with Crippen molar-refractivity contribution in [2.45, 2.75) is 39.0 Å². The first-order valence-electron chi connectivity index (χ1n) is 7.90. The Kier molecular flexibility index (Phi) is 6.03.